The van der Waals surface area contributed by atoms with Gasteiger partial charge >= 0.3 is 70.8 Å². The maximum atomic E-state index is 9.87. The zero-order chi connectivity index (χ0) is 11.9. The predicted molar refractivity (Wildman–Crippen MR) is 49.2 cm³/mol. The average molecular weight is 453 g/mol. The molecule has 82 valence electrons. The molecule has 13 heavy (non-hydrogen) atoms. The fourth-order valence-electron chi connectivity index (χ4n) is 0. The summed E-state index contributed by atoms with van der Waals surface area (Å²) in [5.41, 5.74) is 0. The molecule has 0 radical (unpaired) electrons. The van der Waals surface area contributed by atoms with Gasteiger partial charge in [-0.1, -0.05) is 0 Å². The van der Waals surface area contributed by atoms with E-state index in [1.807, 2.05) is 0 Å². The molecule has 0 heterocycles. The van der Waals surface area contributed by atoms with Crippen LogP contribution in [0.25, 0.3) is 0 Å². The van der Waals surface area contributed by atoms with Crippen molar-refractivity contribution in [1.29, 1.82) is 0 Å². The number of halogens is 6. The molecule has 0 aromatic heterocycles. The standard InChI is InChI=1S/5CH2.F6P.U/c;;;;;1-7(2,3,4,5)6;/h5*1H2;;/q;;;;;-1;. The van der Waals surface area contributed by atoms with Crippen molar-refractivity contribution in [2.75, 3.05) is 0 Å². The van der Waals surface area contributed by atoms with Crippen molar-refractivity contribution in [2.45, 2.75) is 0 Å². The molecule has 0 rings (SSSR count). The van der Waals surface area contributed by atoms with Gasteiger partial charge in [0.15, 0.2) is 0 Å². The Labute approximate surface area is 70.6 Å². The molecule has 0 saturated heterocycles. The Kier molecular flexibility index (Phi) is 3.05. The minimum absolute atomic E-state index is 3.15. The zero-order valence-corrected chi connectivity index (χ0v) is 11.8. The Morgan fingerprint density at radius 3 is 0.615 bits per heavy atom. The third-order valence-corrected chi connectivity index (χ3v) is 0. The molecule has 0 aliphatic rings. The predicted octanol–water partition coefficient (Wildman–Crippen LogP) is 3.22. The molecule has 0 aliphatic carbocycles. The second-order valence-corrected chi connectivity index (χ2v) is 26.2. The van der Waals surface area contributed by atoms with Crippen molar-refractivity contribution >= 4 is 25.5 Å². The van der Waals surface area contributed by atoms with E-state index < -0.39 is 28.0 Å². The fourth-order valence-corrected chi connectivity index (χ4v) is 0. The SMILES string of the molecule is F[P-](F)(F)(F)(F)F.[CH2]=[U](=[CH2])(=[CH2])(=[CH2])=[CH2]. The molecule has 0 unspecified atom stereocenters. The van der Waals surface area contributed by atoms with Crippen LogP contribution >= 0.6 is 7.81 Å². The first-order chi connectivity index (χ1) is 4.69. The molecule has 0 nitrogen and oxygen atoms in total. The van der Waals surface area contributed by atoms with Crippen LogP contribution in [0.1, 0.15) is 0 Å². The molecule has 0 N–H and O–H groups in total. The van der Waals surface area contributed by atoms with Gasteiger partial charge in [0, 0.05) is 0 Å². The first-order valence-electron chi connectivity index (χ1n) is 2.78. The molecule has 0 aliphatic heterocycles. The number of hydrogen-bond donors (Lipinski definition) is 0. The van der Waals surface area contributed by atoms with Gasteiger partial charge in [-0.05, 0) is 0 Å². The van der Waals surface area contributed by atoms with Gasteiger partial charge in [0.1, 0.15) is 0 Å². The summed E-state index contributed by atoms with van der Waals surface area (Å²) in [5, 5.41) is 0. The molecule has 0 atom stereocenters. The van der Waals surface area contributed by atoms with Crippen molar-refractivity contribution in [1.82, 2.24) is 0 Å². The van der Waals surface area contributed by atoms with Crippen molar-refractivity contribution in [2.24, 2.45) is 0 Å². The Hall–Kier alpha value is 0.412. The van der Waals surface area contributed by atoms with Crippen LogP contribution in [-0.2, 0) is 0 Å². The Morgan fingerprint density at radius 2 is 0.615 bits per heavy atom. The third-order valence-electron chi connectivity index (χ3n) is 0. The van der Waals surface area contributed by atoms with E-state index in [2.05, 4.69) is 17.7 Å². The molecule has 0 fully saturated rings. The van der Waals surface area contributed by atoms with Crippen LogP contribution in [0.3, 0.4) is 0 Å². The molecule has 0 amide bonds. The van der Waals surface area contributed by atoms with E-state index in [4.69, 9.17) is 0 Å². The summed E-state index contributed by atoms with van der Waals surface area (Å²) >= 11 is -3.15. The number of rotatable bonds is 0. The van der Waals surface area contributed by atoms with Crippen LogP contribution in [-0.4, -0.2) is 17.7 Å². The van der Waals surface area contributed by atoms with E-state index in [9.17, 15) is 25.2 Å². The normalized spacial score (nSPS) is 20.9. The Balaban J connectivity index is 0. The molecule has 0 spiro atoms. The summed E-state index contributed by atoms with van der Waals surface area (Å²) in [7, 11) is -10.7. The van der Waals surface area contributed by atoms with Crippen molar-refractivity contribution in [3.05, 3.63) is 0 Å². The molecule has 0 bridgehead atoms. The second kappa shape index (κ2) is 2.50. The van der Waals surface area contributed by atoms with Gasteiger partial charge in [0.05, 0.1) is 0 Å². The minimum atomic E-state index is -10.7. The summed E-state index contributed by atoms with van der Waals surface area (Å²) < 4.78 is 77.6. The Morgan fingerprint density at radius 1 is 0.615 bits per heavy atom. The van der Waals surface area contributed by atoms with Gasteiger partial charge in [-0.3, -0.25) is 0 Å². The third kappa shape index (κ3) is 7930. The van der Waals surface area contributed by atoms with Crippen LogP contribution in [0.15, 0.2) is 0 Å². The first-order valence-corrected chi connectivity index (χ1v) is 19.5. The second-order valence-electron chi connectivity index (χ2n) is 3.46. The molecule has 8 heteroatoms. The maximum absolute atomic E-state index is 10.7. The van der Waals surface area contributed by atoms with Gasteiger partial charge in [-0.15, -0.1) is 0 Å². The van der Waals surface area contributed by atoms with Gasteiger partial charge in [-0.2, -0.15) is 0 Å². The van der Waals surface area contributed by atoms with Crippen molar-refractivity contribution in [3.63, 3.8) is 0 Å². The molecule has 0 aromatic rings. The van der Waals surface area contributed by atoms with E-state index in [-0.39, 0.29) is 0 Å². The van der Waals surface area contributed by atoms with E-state index >= 15 is 0 Å². The fraction of sp³-hybridized carbons (Fsp3) is 0. The topological polar surface area (TPSA) is 0 Å². The Bertz CT molecular complexity index is 447. The van der Waals surface area contributed by atoms with Gasteiger partial charge < -0.3 is 0 Å². The van der Waals surface area contributed by atoms with Crippen molar-refractivity contribution in [3.8, 4) is 0 Å². The first kappa shape index (κ1) is 15.9. The number of hydrogen-bond acceptors (Lipinski definition) is 0. The summed E-state index contributed by atoms with van der Waals surface area (Å²) in [4.78, 5) is 0. The van der Waals surface area contributed by atoms with Gasteiger partial charge in [-0.25, -0.2) is 0 Å². The van der Waals surface area contributed by atoms with Crippen molar-refractivity contribution < 1.29 is 45.3 Å². The quantitative estimate of drug-likeness (QED) is 0.391. The van der Waals surface area contributed by atoms with Crippen LogP contribution < -0.4 is 0 Å². The monoisotopic (exact) mass is 453 g/mol. The van der Waals surface area contributed by atoms with E-state index in [0.29, 0.717) is 0 Å². The van der Waals surface area contributed by atoms with Crippen LogP contribution in [0.5, 0.6) is 0 Å². The van der Waals surface area contributed by atoms with Crippen LogP contribution in [0.4, 0.5) is 25.2 Å². The average Bonchev–Trinajstić information content (AvgIpc) is 0.981. The summed E-state index contributed by atoms with van der Waals surface area (Å²) in [6.07, 6.45) is 0. The zero-order valence-electron chi connectivity index (χ0n) is 6.75. The summed E-state index contributed by atoms with van der Waals surface area (Å²) in [6, 6.07) is 0. The van der Waals surface area contributed by atoms with Crippen LogP contribution in [0.2, 0.25) is 0 Å². The van der Waals surface area contributed by atoms with E-state index in [0.717, 1.165) is 0 Å². The van der Waals surface area contributed by atoms with E-state index in [1.165, 1.54) is 0 Å². The summed E-state index contributed by atoms with van der Waals surface area (Å²) in [6.45, 7) is 0. The molecular weight excluding hydrogens is 443 g/mol. The molecule has 0 aromatic carbocycles. The molecule has 0 saturated carbocycles. The van der Waals surface area contributed by atoms with Gasteiger partial charge in [0.2, 0.25) is 0 Å². The van der Waals surface area contributed by atoms with Gasteiger partial charge in [0.25, 0.3) is 0 Å². The summed E-state index contributed by atoms with van der Waals surface area (Å²) in [5.74, 6) is 0. The van der Waals surface area contributed by atoms with Crippen LogP contribution in [0, 0.1) is 20.1 Å². The molecular formula is C5H10F6PU-. The van der Waals surface area contributed by atoms with E-state index in [1.54, 1.807) is 0 Å².